The molecule has 1 aromatic rings. The largest absolute Gasteiger partial charge is 0.444 e. The molecular weight excluding hydrogens is 232 g/mol. The van der Waals surface area contributed by atoms with Crippen LogP contribution in [0.4, 0.5) is 4.79 Å². The molecule has 0 radical (unpaired) electrons. The van der Waals surface area contributed by atoms with Crippen molar-refractivity contribution in [2.45, 2.75) is 45.4 Å². The molecule has 2 rings (SSSR count). The molecule has 0 saturated heterocycles. The van der Waals surface area contributed by atoms with Gasteiger partial charge in [0.15, 0.2) is 0 Å². The maximum Gasteiger partial charge on any atom is 0.407 e. The van der Waals surface area contributed by atoms with Gasteiger partial charge in [0.05, 0.1) is 23.3 Å². The summed E-state index contributed by atoms with van der Waals surface area (Å²) in [6, 6.07) is 0. The first-order valence-electron chi connectivity index (χ1n) is 6.05. The molecule has 18 heavy (non-hydrogen) atoms. The molecule has 0 bridgehead atoms. The number of aromatic amines is 1. The number of alkyl carbamates (subject to hydrolysis) is 1. The molecule has 1 atom stereocenters. The molecule has 1 unspecified atom stereocenters. The third-order valence-electron chi connectivity index (χ3n) is 2.88. The Balaban J connectivity index is 1.94. The quantitative estimate of drug-likeness (QED) is 0.740. The van der Waals surface area contributed by atoms with Gasteiger partial charge in [0.2, 0.25) is 0 Å². The van der Waals surface area contributed by atoms with Gasteiger partial charge in [0.25, 0.3) is 0 Å². The van der Waals surface area contributed by atoms with Crippen molar-refractivity contribution in [1.29, 1.82) is 0 Å². The lowest BCUT2D eigenvalue weighted by Gasteiger charge is -2.26. The van der Waals surface area contributed by atoms with Gasteiger partial charge >= 0.3 is 6.09 Å². The van der Waals surface area contributed by atoms with Gasteiger partial charge in [0.1, 0.15) is 5.60 Å². The molecule has 0 aromatic carbocycles. The van der Waals surface area contributed by atoms with E-state index in [1.54, 1.807) is 6.33 Å². The number of ether oxygens (including phenoxy) is 1. The number of rotatable bonds is 2. The maximum atomic E-state index is 11.6. The maximum absolute atomic E-state index is 11.6. The highest BCUT2D eigenvalue weighted by molar-refractivity contribution is 5.67. The number of H-pyrrole nitrogens is 1. The van der Waals surface area contributed by atoms with Crippen LogP contribution >= 0.6 is 0 Å². The van der Waals surface area contributed by atoms with E-state index in [-0.39, 0.29) is 5.54 Å². The molecule has 0 saturated carbocycles. The van der Waals surface area contributed by atoms with Crippen LogP contribution in [-0.4, -0.2) is 28.2 Å². The van der Waals surface area contributed by atoms with Crippen molar-refractivity contribution in [3.63, 3.8) is 0 Å². The standard InChI is InChI=1S/C12H20N4O2/c1-11(2,3)18-10(17)13-6-12(4)9-8(5-16-12)14-7-15-9/h7,16H,5-6H2,1-4H3,(H,13,17)(H,14,15). The van der Waals surface area contributed by atoms with Crippen LogP contribution in [0.5, 0.6) is 0 Å². The Labute approximate surface area is 107 Å². The molecule has 1 aliphatic heterocycles. The molecule has 1 aliphatic rings. The number of imidazole rings is 1. The fourth-order valence-electron chi connectivity index (χ4n) is 2.01. The van der Waals surface area contributed by atoms with Crippen molar-refractivity contribution in [3.05, 3.63) is 17.7 Å². The predicted molar refractivity (Wildman–Crippen MR) is 67.0 cm³/mol. The topological polar surface area (TPSA) is 79.0 Å². The lowest BCUT2D eigenvalue weighted by Crippen LogP contribution is -2.46. The van der Waals surface area contributed by atoms with Crippen LogP contribution in [0.3, 0.4) is 0 Å². The Kier molecular flexibility index (Phi) is 3.06. The second-order valence-electron chi connectivity index (χ2n) is 5.77. The van der Waals surface area contributed by atoms with Crippen molar-refractivity contribution in [1.82, 2.24) is 20.6 Å². The van der Waals surface area contributed by atoms with Crippen LogP contribution in [0.2, 0.25) is 0 Å². The minimum Gasteiger partial charge on any atom is -0.444 e. The summed E-state index contributed by atoms with van der Waals surface area (Å²) in [6.07, 6.45) is 1.27. The second kappa shape index (κ2) is 4.28. The summed E-state index contributed by atoms with van der Waals surface area (Å²) in [7, 11) is 0. The third kappa shape index (κ3) is 2.64. The van der Waals surface area contributed by atoms with E-state index in [0.717, 1.165) is 17.9 Å². The normalized spacial score (nSPS) is 22.7. The van der Waals surface area contributed by atoms with Gasteiger partial charge in [-0.05, 0) is 27.7 Å². The van der Waals surface area contributed by atoms with Crippen LogP contribution in [-0.2, 0) is 16.8 Å². The first-order chi connectivity index (χ1) is 8.30. The van der Waals surface area contributed by atoms with Crippen molar-refractivity contribution in [2.24, 2.45) is 0 Å². The molecule has 6 heteroatoms. The SMILES string of the molecule is CC(C)(C)OC(=O)NCC1(C)NCc2[nH]cnc21. The monoisotopic (exact) mass is 252 g/mol. The Hall–Kier alpha value is -1.56. The van der Waals surface area contributed by atoms with Gasteiger partial charge < -0.3 is 15.0 Å². The fourth-order valence-corrected chi connectivity index (χ4v) is 2.01. The third-order valence-corrected chi connectivity index (χ3v) is 2.88. The number of hydrogen-bond donors (Lipinski definition) is 3. The van der Waals surface area contributed by atoms with Crippen LogP contribution in [0, 0.1) is 0 Å². The van der Waals surface area contributed by atoms with Gasteiger partial charge in [-0.2, -0.15) is 0 Å². The van der Waals surface area contributed by atoms with Crippen molar-refractivity contribution in [3.8, 4) is 0 Å². The Morgan fingerprint density at radius 1 is 1.61 bits per heavy atom. The van der Waals surface area contributed by atoms with Gasteiger partial charge in [-0.25, -0.2) is 9.78 Å². The van der Waals surface area contributed by atoms with E-state index in [4.69, 9.17) is 4.74 Å². The number of hydrogen-bond acceptors (Lipinski definition) is 4. The zero-order valence-electron chi connectivity index (χ0n) is 11.3. The molecule has 100 valence electrons. The summed E-state index contributed by atoms with van der Waals surface area (Å²) in [6.45, 7) is 8.72. The van der Waals surface area contributed by atoms with Crippen molar-refractivity contribution < 1.29 is 9.53 Å². The molecule has 0 fully saturated rings. The molecule has 3 N–H and O–H groups in total. The van der Waals surface area contributed by atoms with Crippen molar-refractivity contribution in [2.75, 3.05) is 6.54 Å². The smallest absolute Gasteiger partial charge is 0.407 e. The lowest BCUT2D eigenvalue weighted by atomic mass is 10.0. The molecule has 2 heterocycles. The minimum absolute atomic E-state index is 0.341. The number of fused-ring (bicyclic) bond motifs is 1. The first-order valence-corrected chi connectivity index (χ1v) is 6.05. The zero-order chi connectivity index (χ0) is 13.4. The van der Waals surface area contributed by atoms with Crippen LogP contribution in [0.25, 0.3) is 0 Å². The number of carbonyl (C=O) groups excluding carboxylic acids is 1. The van der Waals surface area contributed by atoms with E-state index in [0.29, 0.717) is 6.54 Å². The highest BCUT2D eigenvalue weighted by Crippen LogP contribution is 2.27. The second-order valence-corrected chi connectivity index (χ2v) is 5.77. The van der Waals surface area contributed by atoms with Crippen LogP contribution in [0.1, 0.15) is 39.1 Å². The van der Waals surface area contributed by atoms with Gasteiger partial charge in [-0.3, -0.25) is 5.32 Å². The summed E-state index contributed by atoms with van der Waals surface area (Å²) in [5.74, 6) is 0. The van der Waals surface area contributed by atoms with Gasteiger partial charge in [-0.1, -0.05) is 0 Å². The number of aromatic nitrogens is 2. The van der Waals surface area contributed by atoms with E-state index in [2.05, 4.69) is 20.6 Å². The Bertz CT molecular complexity index is 449. The van der Waals surface area contributed by atoms with E-state index in [9.17, 15) is 4.79 Å². The molecule has 0 aliphatic carbocycles. The summed E-state index contributed by atoms with van der Waals surface area (Å²) in [5, 5.41) is 6.11. The fraction of sp³-hybridized carbons (Fsp3) is 0.667. The number of carbonyl (C=O) groups is 1. The van der Waals surface area contributed by atoms with Crippen LogP contribution in [0.15, 0.2) is 6.33 Å². The highest BCUT2D eigenvalue weighted by atomic mass is 16.6. The van der Waals surface area contributed by atoms with Gasteiger partial charge in [0, 0.05) is 13.1 Å². The van der Waals surface area contributed by atoms with E-state index in [1.165, 1.54) is 0 Å². The summed E-state index contributed by atoms with van der Waals surface area (Å²) in [4.78, 5) is 19.0. The van der Waals surface area contributed by atoms with E-state index >= 15 is 0 Å². The molecular formula is C12H20N4O2. The predicted octanol–water partition coefficient (Wildman–Crippen LogP) is 1.25. The summed E-state index contributed by atoms with van der Waals surface area (Å²) in [5.41, 5.74) is 1.21. The summed E-state index contributed by atoms with van der Waals surface area (Å²) >= 11 is 0. The summed E-state index contributed by atoms with van der Waals surface area (Å²) < 4.78 is 5.21. The number of amides is 1. The number of nitrogens with one attached hydrogen (secondary N) is 3. The molecule has 1 amide bonds. The average molecular weight is 252 g/mol. The average Bonchev–Trinajstić information content (AvgIpc) is 2.79. The van der Waals surface area contributed by atoms with Crippen LogP contribution < -0.4 is 10.6 Å². The number of nitrogens with zero attached hydrogens (tertiary/aromatic N) is 1. The minimum atomic E-state index is -0.481. The van der Waals surface area contributed by atoms with E-state index in [1.807, 2.05) is 27.7 Å². The first kappa shape index (κ1) is 12.9. The molecule has 6 nitrogen and oxygen atoms in total. The highest BCUT2D eigenvalue weighted by Gasteiger charge is 2.37. The van der Waals surface area contributed by atoms with E-state index < -0.39 is 11.7 Å². The van der Waals surface area contributed by atoms with Crippen molar-refractivity contribution >= 4 is 6.09 Å². The molecule has 0 spiro atoms. The Morgan fingerprint density at radius 2 is 2.33 bits per heavy atom. The van der Waals surface area contributed by atoms with Gasteiger partial charge in [-0.15, -0.1) is 0 Å². The zero-order valence-corrected chi connectivity index (χ0v) is 11.3. The Morgan fingerprint density at radius 3 is 3.00 bits per heavy atom. The lowest BCUT2D eigenvalue weighted by molar-refractivity contribution is 0.0512. The molecule has 1 aromatic heterocycles.